The summed E-state index contributed by atoms with van der Waals surface area (Å²) in [5.41, 5.74) is 8.08. The van der Waals surface area contributed by atoms with Crippen molar-refractivity contribution in [1.82, 2.24) is 15.8 Å². The molecule has 0 aromatic heterocycles. The van der Waals surface area contributed by atoms with E-state index in [0.717, 1.165) is 24.0 Å². The lowest BCUT2D eigenvalue weighted by molar-refractivity contribution is -0.132. The van der Waals surface area contributed by atoms with E-state index in [4.69, 9.17) is 18.9 Å². The molecule has 5 rings (SSSR count). The number of methoxy groups -OCH3 is 3. The molecule has 0 radical (unpaired) electrons. The second kappa shape index (κ2) is 9.32. The molecule has 3 N–H and O–H groups in total. The van der Waals surface area contributed by atoms with Gasteiger partial charge in [0, 0.05) is 24.6 Å². The first-order valence-corrected chi connectivity index (χ1v) is 11.6. The highest BCUT2D eigenvalue weighted by atomic mass is 16.5. The van der Waals surface area contributed by atoms with Gasteiger partial charge in [0.2, 0.25) is 11.7 Å². The van der Waals surface area contributed by atoms with Crippen LogP contribution in [0.15, 0.2) is 36.4 Å². The van der Waals surface area contributed by atoms with Crippen molar-refractivity contribution < 1.29 is 28.8 Å². The number of ether oxygens (including phenoxy) is 4. The van der Waals surface area contributed by atoms with Gasteiger partial charge in [-0.05, 0) is 36.6 Å². The smallest absolute Gasteiger partial charge is 0.242 e. The minimum absolute atomic E-state index is 0.00357. The average molecular weight is 470 g/mol. The minimum atomic E-state index is -0.449. The van der Waals surface area contributed by atoms with Gasteiger partial charge >= 0.3 is 0 Å². The Hall–Kier alpha value is -3.01. The Morgan fingerprint density at radius 3 is 2.38 bits per heavy atom. The zero-order valence-electron chi connectivity index (χ0n) is 19.6. The van der Waals surface area contributed by atoms with Crippen molar-refractivity contribution in [2.75, 3.05) is 34.5 Å². The molecule has 1 amide bonds. The topological polar surface area (TPSA) is 102 Å². The normalized spacial score (nSPS) is 28.3. The highest BCUT2D eigenvalue weighted by Gasteiger charge is 2.56. The molecule has 0 spiro atoms. The SMILES string of the molecule is COc1cc(C2C3C(NNC3c3ccccc3O)C(=O)N2CC2CCCO2)cc(OC)c1OC. The summed E-state index contributed by atoms with van der Waals surface area (Å²) < 4.78 is 22.6. The summed E-state index contributed by atoms with van der Waals surface area (Å²) in [4.78, 5) is 15.6. The van der Waals surface area contributed by atoms with Crippen LogP contribution in [0.2, 0.25) is 0 Å². The van der Waals surface area contributed by atoms with Gasteiger partial charge in [0.05, 0.1) is 39.5 Å². The number of phenolic OH excluding ortho intramolecular Hbond substituents is 1. The number of fused-ring (bicyclic) bond motifs is 1. The lowest BCUT2D eigenvalue weighted by atomic mass is 9.83. The lowest BCUT2D eigenvalue weighted by Crippen LogP contribution is -2.43. The fourth-order valence-electron chi connectivity index (χ4n) is 5.60. The number of nitrogens with zero attached hydrogens (tertiary/aromatic N) is 1. The molecule has 5 atom stereocenters. The average Bonchev–Trinajstić information content (AvgIpc) is 3.58. The Kier molecular flexibility index (Phi) is 6.24. The van der Waals surface area contributed by atoms with Gasteiger partial charge in [-0.1, -0.05) is 18.2 Å². The van der Waals surface area contributed by atoms with Crippen LogP contribution in [0.5, 0.6) is 23.0 Å². The minimum Gasteiger partial charge on any atom is -0.508 e. The summed E-state index contributed by atoms with van der Waals surface area (Å²) in [6.45, 7) is 1.22. The predicted octanol–water partition coefficient (Wildman–Crippen LogP) is 2.31. The van der Waals surface area contributed by atoms with Gasteiger partial charge in [0.25, 0.3) is 0 Å². The van der Waals surface area contributed by atoms with Crippen molar-refractivity contribution in [2.45, 2.75) is 37.1 Å². The predicted molar refractivity (Wildman–Crippen MR) is 124 cm³/mol. The molecule has 5 unspecified atom stereocenters. The van der Waals surface area contributed by atoms with Gasteiger partial charge in [0.15, 0.2) is 11.5 Å². The highest BCUT2D eigenvalue weighted by molar-refractivity contribution is 5.86. The molecule has 0 bridgehead atoms. The van der Waals surface area contributed by atoms with Crippen molar-refractivity contribution in [3.63, 3.8) is 0 Å². The number of para-hydroxylation sites is 1. The number of hydrogen-bond acceptors (Lipinski definition) is 8. The number of nitrogens with one attached hydrogen (secondary N) is 2. The van der Waals surface area contributed by atoms with E-state index < -0.39 is 6.04 Å². The van der Waals surface area contributed by atoms with E-state index in [2.05, 4.69) is 10.9 Å². The Bertz CT molecular complexity index is 1030. The Morgan fingerprint density at radius 2 is 1.76 bits per heavy atom. The fourth-order valence-corrected chi connectivity index (χ4v) is 5.60. The number of carbonyl (C=O) groups excluding carboxylic acids is 1. The van der Waals surface area contributed by atoms with Crippen molar-refractivity contribution >= 4 is 5.91 Å². The van der Waals surface area contributed by atoms with E-state index in [0.29, 0.717) is 30.4 Å². The van der Waals surface area contributed by atoms with Crippen LogP contribution in [0.25, 0.3) is 0 Å². The maximum atomic E-state index is 13.7. The number of carbonyl (C=O) groups is 1. The lowest BCUT2D eigenvalue weighted by Gasteiger charge is -2.33. The third-order valence-corrected chi connectivity index (χ3v) is 7.14. The van der Waals surface area contributed by atoms with Crippen molar-refractivity contribution in [3.05, 3.63) is 47.5 Å². The molecule has 3 aliphatic heterocycles. The van der Waals surface area contributed by atoms with Crippen LogP contribution >= 0.6 is 0 Å². The molecule has 2 aromatic carbocycles. The van der Waals surface area contributed by atoms with Gasteiger partial charge < -0.3 is 29.0 Å². The van der Waals surface area contributed by atoms with Crippen LogP contribution in [0, 0.1) is 5.92 Å². The van der Waals surface area contributed by atoms with Crippen LogP contribution in [-0.4, -0.2) is 62.5 Å². The quantitative estimate of drug-likeness (QED) is 0.568. The van der Waals surface area contributed by atoms with Gasteiger partial charge in [0.1, 0.15) is 11.8 Å². The van der Waals surface area contributed by atoms with Crippen molar-refractivity contribution in [1.29, 1.82) is 0 Å². The number of benzene rings is 2. The van der Waals surface area contributed by atoms with E-state index in [9.17, 15) is 9.90 Å². The summed E-state index contributed by atoms with van der Waals surface area (Å²) in [7, 11) is 4.73. The molecular weight excluding hydrogens is 438 g/mol. The Balaban J connectivity index is 1.61. The van der Waals surface area contributed by atoms with E-state index >= 15 is 0 Å². The van der Waals surface area contributed by atoms with Crippen LogP contribution < -0.4 is 25.1 Å². The first-order chi connectivity index (χ1) is 16.6. The summed E-state index contributed by atoms with van der Waals surface area (Å²) in [5.74, 6) is 1.57. The van der Waals surface area contributed by atoms with E-state index in [1.165, 1.54) is 0 Å². The Labute approximate surface area is 198 Å². The van der Waals surface area contributed by atoms with Crippen molar-refractivity contribution in [2.24, 2.45) is 5.92 Å². The third-order valence-electron chi connectivity index (χ3n) is 7.14. The molecule has 2 aromatic rings. The molecule has 182 valence electrons. The summed E-state index contributed by atoms with van der Waals surface area (Å²) in [6.07, 6.45) is 1.92. The molecule has 3 heterocycles. The molecule has 3 fully saturated rings. The van der Waals surface area contributed by atoms with Crippen LogP contribution in [0.3, 0.4) is 0 Å². The first-order valence-electron chi connectivity index (χ1n) is 11.6. The van der Waals surface area contributed by atoms with Gasteiger partial charge in [-0.2, -0.15) is 0 Å². The molecule has 3 saturated heterocycles. The fraction of sp³-hybridized carbons (Fsp3) is 0.480. The van der Waals surface area contributed by atoms with Gasteiger partial charge in [-0.3, -0.25) is 4.79 Å². The molecule has 0 saturated carbocycles. The molecular formula is C25H31N3O6. The number of phenols is 1. The maximum Gasteiger partial charge on any atom is 0.242 e. The molecule has 9 nitrogen and oxygen atoms in total. The van der Waals surface area contributed by atoms with E-state index in [-0.39, 0.29) is 35.8 Å². The van der Waals surface area contributed by atoms with Crippen molar-refractivity contribution in [3.8, 4) is 23.0 Å². The van der Waals surface area contributed by atoms with Crippen LogP contribution in [0.4, 0.5) is 0 Å². The third kappa shape index (κ3) is 3.73. The standard InChI is InChI=1S/C25H31N3O6/c1-31-18-11-14(12-19(32-2)24(18)33-3)23-20-21(16-8-4-5-9-17(16)29)26-27-22(20)25(30)28(23)13-15-7-6-10-34-15/h4-5,8-9,11-12,15,20-23,26-27,29H,6-7,10,13H2,1-3H3. The molecule has 9 heteroatoms. The van der Waals surface area contributed by atoms with Gasteiger partial charge in [-0.25, -0.2) is 10.9 Å². The number of hydrogen-bond donors (Lipinski definition) is 3. The summed E-state index contributed by atoms with van der Waals surface area (Å²) in [6, 6.07) is 10.0. The second-order valence-corrected chi connectivity index (χ2v) is 8.91. The first kappa shape index (κ1) is 22.8. The van der Waals surface area contributed by atoms with Crippen LogP contribution in [0.1, 0.15) is 36.1 Å². The number of rotatable bonds is 7. The van der Waals surface area contributed by atoms with Gasteiger partial charge in [-0.15, -0.1) is 0 Å². The number of amides is 1. The highest BCUT2D eigenvalue weighted by Crippen LogP contribution is 2.51. The van der Waals surface area contributed by atoms with E-state index in [1.807, 2.05) is 29.2 Å². The number of hydrazine groups is 1. The number of aromatic hydroxyl groups is 1. The zero-order valence-corrected chi connectivity index (χ0v) is 19.6. The maximum absolute atomic E-state index is 13.7. The zero-order chi connectivity index (χ0) is 23.8. The second-order valence-electron chi connectivity index (χ2n) is 8.91. The molecule has 34 heavy (non-hydrogen) atoms. The van der Waals surface area contributed by atoms with Crippen LogP contribution in [-0.2, 0) is 9.53 Å². The Morgan fingerprint density at radius 1 is 1.06 bits per heavy atom. The summed E-state index contributed by atoms with van der Waals surface area (Å²) >= 11 is 0. The molecule has 3 aliphatic rings. The largest absolute Gasteiger partial charge is 0.508 e. The monoisotopic (exact) mass is 469 g/mol. The summed E-state index contributed by atoms with van der Waals surface area (Å²) in [5, 5.41) is 10.6. The molecule has 0 aliphatic carbocycles. The van der Waals surface area contributed by atoms with E-state index in [1.54, 1.807) is 33.5 Å². The number of likely N-dealkylation sites (tertiary alicyclic amines) is 1.